The van der Waals surface area contributed by atoms with Crippen LogP contribution in [0.2, 0.25) is 0 Å². The molecule has 172 valence electrons. The minimum Gasteiger partial charge on any atom is -0.378 e. The molecule has 0 bridgehead atoms. The van der Waals surface area contributed by atoms with E-state index in [2.05, 4.69) is 36.6 Å². The van der Waals surface area contributed by atoms with Gasteiger partial charge in [0, 0.05) is 43.5 Å². The monoisotopic (exact) mass is 446 g/mol. The third kappa shape index (κ3) is 3.98. The third-order valence-corrected chi connectivity index (χ3v) is 7.55. The molecule has 2 aromatic heterocycles. The zero-order chi connectivity index (χ0) is 22.3. The first kappa shape index (κ1) is 20.6. The van der Waals surface area contributed by atoms with Crippen LogP contribution in [-0.2, 0) is 4.74 Å². The quantitative estimate of drug-likeness (QED) is 0.571. The second-order valence-electron chi connectivity index (χ2n) is 9.67. The molecule has 2 aliphatic heterocycles. The van der Waals surface area contributed by atoms with E-state index in [1.165, 1.54) is 12.8 Å². The van der Waals surface area contributed by atoms with E-state index in [4.69, 9.17) is 4.74 Å². The molecule has 1 aliphatic carbocycles. The molecule has 8 nitrogen and oxygen atoms in total. The lowest BCUT2D eigenvalue weighted by atomic mass is 9.68. The van der Waals surface area contributed by atoms with E-state index in [-0.39, 0.29) is 11.9 Å². The van der Waals surface area contributed by atoms with Crippen LogP contribution in [0.5, 0.6) is 0 Å². The van der Waals surface area contributed by atoms with Crippen molar-refractivity contribution >= 4 is 22.8 Å². The maximum absolute atomic E-state index is 12.8. The number of hydrogen-bond acceptors (Lipinski definition) is 6. The van der Waals surface area contributed by atoms with Crippen molar-refractivity contribution < 1.29 is 9.53 Å². The highest BCUT2D eigenvalue weighted by molar-refractivity contribution is 5.95. The topological polar surface area (TPSA) is 95.2 Å². The molecule has 1 amide bonds. The number of hydrogen-bond donors (Lipinski definition) is 3. The molecule has 1 spiro atoms. The molecule has 3 fully saturated rings. The number of benzene rings is 1. The van der Waals surface area contributed by atoms with Crippen LogP contribution in [0.4, 0.5) is 5.82 Å². The summed E-state index contributed by atoms with van der Waals surface area (Å²) in [7, 11) is 0. The number of aromatic amines is 1. The van der Waals surface area contributed by atoms with Crippen LogP contribution in [0.1, 0.15) is 36.0 Å². The summed E-state index contributed by atoms with van der Waals surface area (Å²) in [6.45, 7) is 5.37. The Hall–Kier alpha value is -2.97. The number of rotatable bonds is 4. The minimum atomic E-state index is 0.0198. The van der Waals surface area contributed by atoms with Gasteiger partial charge in [-0.3, -0.25) is 4.79 Å². The molecule has 33 heavy (non-hydrogen) atoms. The summed E-state index contributed by atoms with van der Waals surface area (Å²) in [5.41, 5.74) is 4.02. The molecule has 0 atom stereocenters. The van der Waals surface area contributed by atoms with Gasteiger partial charge in [0.25, 0.3) is 5.91 Å². The normalized spacial score (nSPS) is 20.7. The smallest absolute Gasteiger partial charge is 0.251 e. The molecule has 8 heteroatoms. The van der Waals surface area contributed by atoms with Crippen molar-refractivity contribution in [3.05, 3.63) is 42.2 Å². The van der Waals surface area contributed by atoms with Crippen LogP contribution >= 0.6 is 0 Å². The van der Waals surface area contributed by atoms with Crippen LogP contribution in [-0.4, -0.2) is 66.3 Å². The second-order valence-corrected chi connectivity index (χ2v) is 9.67. The van der Waals surface area contributed by atoms with E-state index in [9.17, 15) is 4.79 Å². The van der Waals surface area contributed by atoms with Crippen molar-refractivity contribution in [1.29, 1.82) is 0 Å². The molecular weight excluding hydrogens is 416 g/mol. The van der Waals surface area contributed by atoms with Gasteiger partial charge in [0.2, 0.25) is 0 Å². The Morgan fingerprint density at radius 1 is 1.09 bits per heavy atom. The molecule has 0 unspecified atom stereocenters. The summed E-state index contributed by atoms with van der Waals surface area (Å²) < 4.78 is 5.47. The van der Waals surface area contributed by atoms with E-state index >= 15 is 0 Å². The molecule has 3 aromatic rings. The fraction of sp³-hybridized carbons (Fsp3) is 0.480. The van der Waals surface area contributed by atoms with E-state index in [0.717, 1.165) is 67.1 Å². The SMILES string of the molecule is O=C(NC1CCC2(CC1)CNC2)c1ccc(-c2cc3c(N4CCOCC4)ncnc3[nH]2)cc1. The maximum Gasteiger partial charge on any atom is 0.251 e. The Bertz CT molecular complexity index is 1140. The van der Waals surface area contributed by atoms with Crippen molar-refractivity contribution in [1.82, 2.24) is 25.6 Å². The highest BCUT2D eigenvalue weighted by Crippen LogP contribution is 2.39. The molecule has 3 N–H and O–H groups in total. The lowest BCUT2D eigenvalue weighted by molar-refractivity contribution is 0.0780. The molecular formula is C25H30N6O2. The number of H-pyrrole nitrogens is 1. The van der Waals surface area contributed by atoms with Crippen LogP contribution in [0, 0.1) is 5.41 Å². The Balaban J connectivity index is 1.15. The molecule has 0 radical (unpaired) electrons. The van der Waals surface area contributed by atoms with Crippen molar-refractivity contribution in [2.75, 3.05) is 44.3 Å². The van der Waals surface area contributed by atoms with Crippen molar-refractivity contribution in [3.8, 4) is 11.3 Å². The molecule has 1 saturated carbocycles. The summed E-state index contributed by atoms with van der Waals surface area (Å²) in [4.78, 5) is 27.4. The number of nitrogens with zero attached hydrogens (tertiary/aromatic N) is 3. The summed E-state index contributed by atoms with van der Waals surface area (Å²) in [5.74, 6) is 0.958. The standard InChI is InChI=1S/C25H30N6O2/c32-24(29-19-5-7-25(8-6-19)14-26-15-25)18-3-1-17(2-4-18)21-13-20-22(30-21)27-16-28-23(20)31-9-11-33-12-10-31/h1-4,13,16,19,26H,5-12,14-15H2,(H,29,32)(H,27,28,30). The van der Waals surface area contributed by atoms with Crippen LogP contribution in [0.15, 0.2) is 36.7 Å². The Labute approximate surface area is 193 Å². The van der Waals surface area contributed by atoms with E-state index in [1.807, 2.05) is 24.3 Å². The first-order valence-electron chi connectivity index (χ1n) is 12.0. The van der Waals surface area contributed by atoms with Crippen LogP contribution in [0.3, 0.4) is 0 Å². The van der Waals surface area contributed by atoms with Gasteiger partial charge in [-0.25, -0.2) is 9.97 Å². The Morgan fingerprint density at radius 3 is 2.55 bits per heavy atom. The van der Waals surface area contributed by atoms with Gasteiger partial charge in [0.1, 0.15) is 17.8 Å². The van der Waals surface area contributed by atoms with Gasteiger partial charge in [0.05, 0.1) is 18.6 Å². The number of ether oxygens (including phenoxy) is 1. The summed E-state index contributed by atoms with van der Waals surface area (Å²) in [6.07, 6.45) is 6.18. The number of carbonyl (C=O) groups excluding carboxylic acids is 1. The first-order chi connectivity index (χ1) is 16.2. The number of morpholine rings is 1. The number of nitrogens with one attached hydrogen (secondary N) is 3. The van der Waals surface area contributed by atoms with Gasteiger partial charge in [-0.05, 0) is 54.9 Å². The summed E-state index contributed by atoms with van der Waals surface area (Å²) in [6, 6.07) is 10.2. The Kier molecular flexibility index (Phi) is 5.27. The summed E-state index contributed by atoms with van der Waals surface area (Å²) >= 11 is 0. The lowest BCUT2D eigenvalue weighted by Gasteiger charge is -2.47. The number of carbonyl (C=O) groups is 1. The van der Waals surface area contributed by atoms with Gasteiger partial charge < -0.3 is 25.3 Å². The number of amides is 1. The van der Waals surface area contributed by atoms with Gasteiger partial charge >= 0.3 is 0 Å². The zero-order valence-electron chi connectivity index (χ0n) is 18.8. The minimum absolute atomic E-state index is 0.0198. The predicted octanol–water partition coefficient (Wildman–Crippen LogP) is 2.72. The fourth-order valence-electron chi connectivity index (χ4n) is 5.39. The van der Waals surface area contributed by atoms with E-state index < -0.39 is 0 Å². The van der Waals surface area contributed by atoms with Crippen molar-refractivity contribution in [2.45, 2.75) is 31.7 Å². The summed E-state index contributed by atoms with van der Waals surface area (Å²) in [5, 5.41) is 7.65. The zero-order valence-corrected chi connectivity index (χ0v) is 18.8. The molecule has 2 saturated heterocycles. The van der Waals surface area contributed by atoms with Crippen LogP contribution in [0.25, 0.3) is 22.3 Å². The molecule has 6 rings (SSSR count). The van der Waals surface area contributed by atoms with Crippen molar-refractivity contribution in [2.24, 2.45) is 5.41 Å². The molecule has 1 aromatic carbocycles. The van der Waals surface area contributed by atoms with Crippen molar-refractivity contribution in [3.63, 3.8) is 0 Å². The largest absolute Gasteiger partial charge is 0.378 e. The highest BCUT2D eigenvalue weighted by atomic mass is 16.5. The van der Waals surface area contributed by atoms with E-state index in [0.29, 0.717) is 24.2 Å². The van der Waals surface area contributed by atoms with Gasteiger partial charge in [-0.2, -0.15) is 0 Å². The lowest BCUT2D eigenvalue weighted by Crippen LogP contribution is -2.56. The number of anilines is 1. The predicted molar refractivity (Wildman–Crippen MR) is 127 cm³/mol. The average Bonchev–Trinajstić information content (AvgIpc) is 3.29. The van der Waals surface area contributed by atoms with Gasteiger partial charge in [0.15, 0.2) is 0 Å². The number of aromatic nitrogens is 3. The number of fused-ring (bicyclic) bond motifs is 1. The fourth-order valence-corrected chi connectivity index (χ4v) is 5.39. The maximum atomic E-state index is 12.8. The molecule has 4 heterocycles. The first-order valence-corrected chi connectivity index (χ1v) is 12.0. The average molecular weight is 447 g/mol. The Morgan fingerprint density at radius 2 is 1.85 bits per heavy atom. The highest BCUT2D eigenvalue weighted by Gasteiger charge is 2.40. The van der Waals surface area contributed by atoms with E-state index in [1.54, 1.807) is 6.33 Å². The second kappa shape index (κ2) is 8.43. The third-order valence-electron chi connectivity index (χ3n) is 7.55. The van der Waals surface area contributed by atoms with Gasteiger partial charge in [-0.15, -0.1) is 0 Å². The van der Waals surface area contributed by atoms with Gasteiger partial charge in [-0.1, -0.05) is 12.1 Å². The molecule has 3 aliphatic rings. The van der Waals surface area contributed by atoms with Crippen LogP contribution < -0.4 is 15.5 Å².